The lowest BCUT2D eigenvalue weighted by Crippen LogP contribution is -2.39. The molecule has 0 unspecified atom stereocenters. The number of ether oxygens (including phenoxy) is 1. The smallest absolute Gasteiger partial charge is 0.410 e. The molecular formula is C22H24N2O4. The van der Waals surface area contributed by atoms with E-state index >= 15 is 0 Å². The first-order valence-electron chi connectivity index (χ1n) is 9.23. The van der Waals surface area contributed by atoms with E-state index in [1.165, 1.54) is 0 Å². The topological polar surface area (TPSA) is 71.8 Å². The normalized spacial score (nSPS) is 15.4. The van der Waals surface area contributed by atoms with Crippen LogP contribution in [0.3, 0.4) is 0 Å². The number of likely N-dealkylation sites (tertiary alicyclic amines) is 1. The number of aromatic carboxylic acids is 1. The van der Waals surface area contributed by atoms with Gasteiger partial charge in [0.05, 0.1) is 5.56 Å². The van der Waals surface area contributed by atoms with E-state index in [0.717, 1.165) is 29.3 Å². The van der Waals surface area contributed by atoms with Crippen LogP contribution >= 0.6 is 0 Å². The zero-order valence-corrected chi connectivity index (χ0v) is 15.7. The van der Waals surface area contributed by atoms with Crippen LogP contribution in [0.1, 0.15) is 29.2 Å². The minimum atomic E-state index is -0.934. The molecule has 28 heavy (non-hydrogen) atoms. The predicted octanol–water partition coefficient (Wildman–Crippen LogP) is 4.41. The lowest BCUT2D eigenvalue weighted by molar-refractivity contribution is 0.0696. The minimum absolute atomic E-state index is 0.175. The second-order valence-electron chi connectivity index (χ2n) is 6.76. The van der Waals surface area contributed by atoms with Crippen LogP contribution in [-0.4, -0.2) is 46.3 Å². The number of hydrogen-bond acceptors (Lipinski definition) is 3. The van der Waals surface area contributed by atoms with E-state index in [0.29, 0.717) is 13.1 Å². The summed E-state index contributed by atoms with van der Waals surface area (Å²) < 4.78 is 7.47. The highest BCUT2D eigenvalue weighted by molar-refractivity contribution is 5.93. The fraction of sp³-hybridized carbons (Fsp3) is 0.273. The Hall–Kier alpha value is -3.28. The van der Waals surface area contributed by atoms with E-state index in [9.17, 15) is 14.7 Å². The van der Waals surface area contributed by atoms with Gasteiger partial charge in [-0.05, 0) is 42.0 Å². The molecule has 2 aromatic rings. The Bertz CT molecular complexity index is 933. The summed E-state index contributed by atoms with van der Waals surface area (Å²) in [5.41, 5.74) is 1.98. The minimum Gasteiger partial charge on any atom is -0.478 e. The van der Waals surface area contributed by atoms with E-state index in [-0.39, 0.29) is 24.3 Å². The van der Waals surface area contributed by atoms with Crippen molar-refractivity contribution in [2.24, 2.45) is 0 Å². The number of rotatable bonds is 6. The van der Waals surface area contributed by atoms with Crippen LogP contribution in [0.5, 0.6) is 0 Å². The van der Waals surface area contributed by atoms with Crippen molar-refractivity contribution in [3.05, 3.63) is 73.0 Å². The number of amides is 1. The van der Waals surface area contributed by atoms with Gasteiger partial charge >= 0.3 is 12.1 Å². The number of aromatic nitrogens is 1. The Morgan fingerprint density at radius 2 is 1.96 bits per heavy atom. The summed E-state index contributed by atoms with van der Waals surface area (Å²) in [6, 6.07) is 7.36. The fourth-order valence-corrected chi connectivity index (χ4v) is 3.49. The summed E-state index contributed by atoms with van der Waals surface area (Å²) >= 11 is 0. The zero-order valence-electron chi connectivity index (χ0n) is 15.7. The van der Waals surface area contributed by atoms with Crippen molar-refractivity contribution in [3.63, 3.8) is 0 Å². The molecule has 1 aliphatic rings. The number of carboxylic acids is 1. The van der Waals surface area contributed by atoms with E-state index in [4.69, 9.17) is 4.74 Å². The van der Waals surface area contributed by atoms with Crippen LogP contribution < -0.4 is 0 Å². The maximum absolute atomic E-state index is 12.3. The molecule has 1 aromatic carbocycles. The van der Waals surface area contributed by atoms with Gasteiger partial charge in [-0.2, -0.15) is 0 Å². The number of carbonyl (C=O) groups excluding carboxylic acids is 1. The van der Waals surface area contributed by atoms with E-state index in [1.54, 1.807) is 35.3 Å². The van der Waals surface area contributed by atoms with Crippen LogP contribution in [0.4, 0.5) is 4.79 Å². The van der Waals surface area contributed by atoms with E-state index in [2.05, 4.69) is 17.7 Å². The summed E-state index contributed by atoms with van der Waals surface area (Å²) in [7, 11) is 0. The van der Waals surface area contributed by atoms with Crippen molar-refractivity contribution in [3.8, 4) is 0 Å². The summed E-state index contributed by atoms with van der Waals surface area (Å²) in [5.74, 6) is -0.934. The van der Waals surface area contributed by atoms with Crippen molar-refractivity contribution in [1.29, 1.82) is 0 Å². The molecule has 1 N–H and O–H groups in total. The molecule has 6 heteroatoms. The Morgan fingerprint density at radius 1 is 1.21 bits per heavy atom. The molecule has 0 spiro atoms. The van der Waals surface area contributed by atoms with Crippen molar-refractivity contribution >= 4 is 23.0 Å². The first-order valence-corrected chi connectivity index (χ1v) is 9.23. The van der Waals surface area contributed by atoms with Crippen molar-refractivity contribution in [1.82, 2.24) is 9.47 Å². The molecule has 1 aromatic heterocycles. The molecule has 146 valence electrons. The van der Waals surface area contributed by atoms with Gasteiger partial charge in [0.25, 0.3) is 0 Å². The summed E-state index contributed by atoms with van der Waals surface area (Å²) in [6.07, 6.45) is 8.26. The largest absolute Gasteiger partial charge is 0.478 e. The van der Waals surface area contributed by atoms with Gasteiger partial charge < -0.3 is 19.3 Å². The molecule has 2 heterocycles. The summed E-state index contributed by atoms with van der Waals surface area (Å²) in [4.78, 5) is 25.3. The summed E-state index contributed by atoms with van der Waals surface area (Å²) in [5, 5.41) is 10.2. The molecule has 0 aliphatic carbocycles. The van der Waals surface area contributed by atoms with Gasteiger partial charge in [0.15, 0.2) is 0 Å². The molecule has 3 rings (SSSR count). The molecule has 1 amide bonds. The molecule has 0 saturated carbocycles. The van der Waals surface area contributed by atoms with Crippen molar-refractivity contribution in [2.45, 2.75) is 18.9 Å². The van der Waals surface area contributed by atoms with Crippen LogP contribution in [0.2, 0.25) is 0 Å². The highest BCUT2D eigenvalue weighted by Gasteiger charge is 2.25. The first-order chi connectivity index (χ1) is 13.5. The van der Waals surface area contributed by atoms with Gasteiger partial charge in [-0.3, -0.25) is 0 Å². The van der Waals surface area contributed by atoms with Crippen LogP contribution in [0.25, 0.3) is 10.9 Å². The Morgan fingerprint density at radius 3 is 2.61 bits per heavy atom. The number of allylic oxidation sites excluding steroid dienone is 2. The Labute approximate surface area is 164 Å². The molecule has 0 radical (unpaired) electrons. The van der Waals surface area contributed by atoms with Crippen LogP contribution in [0, 0.1) is 0 Å². The number of carbonyl (C=O) groups is 2. The molecule has 1 saturated heterocycles. The number of nitrogens with zero attached hydrogens (tertiary/aromatic N) is 2. The van der Waals surface area contributed by atoms with Crippen molar-refractivity contribution < 1.29 is 19.4 Å². The van der Waals surface area contributed by atoms with Crippen molar-refractivity contribution in [2.75, 3.05) is 19.7 Å². The second kappa shape index (κ2) is 8.61. The van der Waals surface area contributed by atoms with Gasteiger partial charge in [0, 0.05) is 30.8 Å². The van der Waals surface area contributed by atoms with Gasteiger partial charge in [0.2, 0.25) is 0 Å². The van der Waals surface area contributed by atoms with Gasteiger partial charge in [-0.1, -0.05) is 37.5 Å². The van der Waals surface area contributed by atoms with E-state index < -0.39 is 5.97 Å². The maximum Gasteiger partial charge on any atom is 0.410 e. The SMILES string of the molecule is C=C/C=C(\C=C)COC(=O)N1CCC(n2ccc3ccc(C(=O)O)cc32)CC1. The molecule has 6 nitrogen and oxygen atoms in total. The third kappa shape index (κ3) is 4.17. The fourth-order valence-electron chi connectivity index (χ4n) is 3.49. The number of benzene rings is 1. The molecule has 0 atom stereocenters. The van der Waals surface area contributed by atoms with Crippen LogP contribution in [-0.2, 0) is 4.74 Å². The standard InChI is InChI=1S/C22H24N2O4/c1-3-5-16(4-2)15-28-22(27)23-11-9-19(10-12-23)24-13-8-17-6-7-18(21(25)26)14-20(17)24/h3-8,13-14,19H,1-2,9-12,15H2,(H,25,26)/b16-5+. The average molecular weight is 380 g/mol. The highest BCUT2D eigenvalue weighted by Crippen LogP contribution is 2.28. The number of carboxylic acid groups (broad SMARTS) is 1. The number of fused-ring (bicyclic) bond motifs is 1. The first kappa shape index (κ1) is 19.5. The Kier molecular flexibility index (Phi) is 5.99. The number of piperidine rings is 1. The second-order valence-corrected chi connectivity index (χ2v) is 6.76. The molecule has 1 fully saturated rings. The third-order valence-electron chi connectivity index (χ3n) is 5.04. The lowest BCUT2D eigenvalue weighted by Gasteiger charge is -2.32. The highest BCUT2D eigenvalue weighted by atomic mass is 16.6. The Balaban J connectivity index is 1.63. The molecule has 0 bridgehead atoms. The summed E-state index contributed by atoms with van der Waals surface area (Å²) in [6.45, 7) is 8.68. The molecular weight excluding hydrogens is 356 g/mol. The average Bonchev–Trinajstić information content (AvgIpc) is 3.14. The monoisotopic (exact) mass is 380 g/mol. The lowest BCUT2D eigenvalue weighted by atomic mass is 10.0. The maximum atomic E-state index is 12.3. The van der Waals surface area contributed by atoms with Gasteiger partial charge in [0.1, 0.15) is 6.61 Å². The third-order valence-corrected chi connectivity index (χ3v) is 5.04. The number of hydrogen-bond donors (Lipinski definition) is 1. The van der Waals surface area contributed by atoms with Crippen LogP contribution in [0.15, 0.2) is 67.4 Å². The molecule has 1 aliphatic heterocycles. The van der Waals surface area contributed by atoms with Gasteiger partial charge in [-0.25, -0.2) is 9.59 Å². The quantitative estimate of drug-likeness (QED) is 0.754. The predicted molar refractivity (Wildman–Crippen MR) is 109 cm³/mol. The zero-order chi connectivity index (χ0) is 20.1. The van der Waals surface area contributed by atoms with Gasteiger partial charge in [-0.15, -0.1) is 0 Å². The van der Waals surface area contributed by atoms with E-state index in [1.807, 2.05) is 18.3 Å².